The molecule has 0 saturated carbocycles. The number of aromatic nitrogens is 2. The first-order chi connectivity index (χ1) is 8.83. The fraction of sp³-hybridized carbons (Fsp3) is 0.286. The number of hydrogen-bond donors (Lipinski definition) is 1. The second-order valence-electron chi connectivity index (χ2n) is 4.52. The van der Waals surface area contributed by atoms with E-state index < -0.39 is 0 Å². The van der Waals surface area contributed by atoms with Crippen molar-refractivity contribution in [2.75, 3.05) is 5.32 Å². The Morgan fingerprint density at radius 1 is 1.22 bits per heavy atom. The van der Waals surface area contributed by atoms with E-state index in [9.17, 15) is 0 Å². The topological polar surface area (TPSA) is 37.8 Å². The highest BCUT2D eigenvalue weighted by molar-refractivity contribution is 6.29. The Hall–Kier alpha value is -1.61. The number of aryl methyl sites for hydroxylation is 1. The van der Waals surface area contributed by atoms with Gasteiger partial charge in [0.05, 0.1) is 18.4 Å². The largest absolute Gasteiger partial charge is 0.362 e. The molecule has 3 rings (SSSR count). The van der Waals surface area contributed by atoms with Gasteiger partial charge in [-0.15, -0.1) is 0 Å². The lowest BCUT2D eigenvalue weighted by Crippen LogP contribution is -2.17. The summed E-state index contributed by atoms with van der Waals surface area (Å²) < 4.78 is 0. The van der Waals surface area contributed by atoms with Crippen LogP contribution in [0.3, 0.4) is 0 Å². The molecule has 1 aliphatic rings. The van der Waals surface area contributed by atoms with Crippen molar-refractivity contribution in [3.63, 3.8) is 0 Å². The molecule has 1 unspecified atom stereocenters. The molecule has 0 aliphatic heterocycles. The lowest BCUT2D eigenvalue weighted by Gasteiger charge is -2.26. The van der Waals surface area contributed by atoms with E-state index in [0.717, 1.165) is 18.7 Å². The lowest BCUT2D eigenvalue weighted by molar-refractivity contribution is 0.598. The zero-order valence-electron chi connectivity index (χ0n) is 9.94. The van der Waals surface area contributed by atoms with E-state index in [0.29, 0.717) is 11.2 Å². The predicted molar refractivity (Wildman–Crippen MR) is 72.8 cm³/mol. The van der Waals surface area contributed by atoms with Crippen LogP contribution < -0.4 is 5.32 Å². The van der Waals surface area contributed by atoms with E-state index in [4.69, 9.17) is 11.6 Å². The summed E-state index contributed by atoms with van der Waals surface area (Å²) in [5.41, 5.74) is 2.79. The van der Waals surface area contributed by atoms with Crippen molar-refractivity contribution in [3.05, 3.63) is 52.9 Å². The number of halogens is 1. The van der Waals surface area contributed by atoms with Gasteiger partial charge in [-0.25, -0.2) is 4.98 Å². The zero-order chi connectivity index (χ0) is 12.4. The lowest BCUT2D eigenvalue weighted by atomic mass is 9.88. The first-order valence-corrected chi connectivity index (χ1v) is 6.52. The van der Waals surface area contributed by atoms with Gasteiger partial charge in [0.15, 0.2) is 0 Å². The molecule has 1 aromatic carbocycles. The Morgan fingerprint density at radius 2 is 2.11 bits per heavy atom. The van der Waals surface area contributed by atoms with Gasteiger partial charge in [0.1, 0.15) is 11.0 Å². The van der Waals surface area contributed by atoms with Crippen molar-refractivity contribution < 1.29 is 0 Å². The van der Waals surface area contributed by atoms with Crippen LogP contribution in [0.25, 0.3) is 0 Å². The predicted octanol–water partition coefficient (Wildman–Crippen LogP) is 3.62. The summed E-state index contributed by atoms with van der Waals surface area (Å²) in [5.74, 6) is 0.740. The Labute approximate surface area is 111 Å². The Kier molecular flexibility index (Phi) is 3.15. The number of fused-ring (bicyclic) bond motifs is 1. The van der Waals surface area contributed by atoms with Gasteiger partial charge in [-0.2, -0.15) is 0 Å². The highest BCUT2D eigenvalue weighted by Crippen LogP contribution is 2.31. The Bertz CT molecular complexity index is 556. The standard InChI is InChI=1S/C14H14ClN3/c15-13-8-16-9-14(18-13)17-12-7-3-5-10-4-1-2-6-11(10)12/h1-2,4,6,8-9,12H,3,5,7H2,(H,17,18). The third-order valence-corrected chi connectivity index (χ3v) is 3.48. The van der Waals surface area contributed by atoms with E-state index >= 15 is 0 Å². The summed E-state index contributed by atoms with van der Waals surface area (Å²) in [7, 11) is 0. The molecule has 1 aliphatic carbocycles. The fourth-order valence-corrected chi connectivity index (χ4v) is 2.64. The second-order valence-corrected chi connectivity index (χ2v) is 4.90. The summed E-state index contributed by atoms with van der Waals surface area (Å²) in [6, 6.07) is 8.88. The van der Waals surface area contributed by atoms with Crippen molar-refractivity contribution in [3.8, 4) is 0 Å². The van der Waals surface area contributed by atoms with Gasteiger partial charge in [-0.05, 0) is 30.4 Å². The van der Waals surface area contributed by atoms with E-state index in [2.05, 4.69) is 39.6 Å². The van der Waals surface area contributed by atoms with Crippen LogP contribution in [0.1, 0.15) is 30.0 Å². The number of nitrogens with one attached hydrogen (secondary N) is 1. The van der Waals surface area contributed by atoms with Crippen LogP contribution in [0.5, 0.6) is 0 Å². The van der Waals surface area contributed by atoms with Crippen molar-refractivity contribution >= 4 is 17.4 Å². The second kappa shape index (κ2) is 4.94. The van der Waals surface area contributed by atoms with Crippen molar-refractivity contribution in [1.82, 2.24) is 9.97 Å². The minimum atomic E-state index is 0.308. The van der Waals surface area contributed by atoms with Gasteiger partial charge in [-0.3, -0.25) is 4.98 Å². The van der Waals surface area contributed by atoms with Crippen LogP contribution in [0.4, 0.5) is 5.82 Å². The minimum absolute atomic E-state index is 0.308. The Morgan fingerprint density at radius 3 is 3.00 bits per heavy atom. The SMILES string of the molecule is Clc1cncc(NC2CCCc3ccccc32)n1. The maximum absolute atomic E-state index is 5.85. The Balaban J connectivity index is 1.86. The van der Waals surface area contributed by atoms with Gasteiger partial charge < -0.3 is 5.32 Å². The van der Waals surface area contributed by atoms with Crippen LogP contribution >= 0.6 is 11.6 Å². The van der Waals surface area contributed by atoms with E-state index in [1.165, 1.54) is 17.5 Å². The maximum Gasteiger partial charge on any atom is 0.149 e. The average Bonchev–Trinajstić information content (AvgIpc) is 2.39. The summed E-state index contributed by atoms with van der Waals surface area (Å²) in [6.45, 7) is 0. The number of nitrogens with zero attached hydrogens (tertiary/aromatic N) is 2. The third-order valence-electron chi connectivity index (χ3n) is 3.30. The molecule has 2 aromatic rings. The quantitative estimate of drug-likeness (QED) is 0.895. The van der Waals surface area contributed by atoms with Crippen LogP contribution in [0.2, 0.25) is 5.15 Å². The first-order valence-electron chi connectivity index (χ1n) is 6.15. The normalized spacial score (nSPS) is 18.2. The molecule has 3 nitrogen and oxygen atoms in total. The first kappa shape index (κ1) is 11.5. The zero-order valence-corrected chi connectivity index (χ0v) is 10.7. The van der Waals surface area contributed by atoms with Crippen molar-refractivity contribution in [2.24, 2.45) is 0 Å². The molecule has 0 spiro atoms. The van der Waals surface area contributed by atoms with Gasteiger partial charge >= 0.3 is 0 Å². The summed E-state index contributed by atoms with van der Waals surface area (Å²) in [5, 5.41) is 3.84. The van der Waals surface area contributed by atoms with Crippen LogP contribution in [-0.2, 0) is 6.42 Å². The molecule has 1 N–H and O–H groups in total. The smallest absolute Gasteiger partial charge is 0.149 e. The van der Waals surface area contributed by atoms with Gasteiger partial charge in [0, 0.05) is 0 Å². The highest BCUT2D eigenvalue weighted by Gasteiger charge is 2.19. The van der Waals surface area contributed by atoms with Crippen LogP contribution in [0, 0.1) is 0 Å². The molecular formula is C14H14ClN3. The highest BCUT2D eigenvalue weighted by atomic mass is 35.5. The molecule has 1 heterocycles. The van der Waals surface area contributed by atoms with E-state index in [1.807, 2.05) is 0 Å². The summed E-state index contributed by atoms with van der Waals surface area (Å²) in [6.07, 6.45) is 6.73. The van der Waals surface area contributed by atoms with Crippen molar-refractivity contribution in [2.45, 2.75) is 25.3 Å². The molecule has 18 heavy (non-hydrogen) atoms. The molecule has 4 heteroatoms. The van der Waals surface area contributed by atoms with Crippen LogP contribution in [0.15, 0.2) is 36.7 Å². The van der Waals surface area contributed by atoms with E-state index in [1.54, 1.807) is 12.4 Å². The number of rotatable bonds is 2. The fourth-order valence-electron chi connectivity index (χ4n) is 2.49. The molecule has 0 saturated heterocycles. The van der Waals surface area contributed by atoms with Gasteiger partial charge in [0.2, 0.25) is 0 Å². The summed E-state index contributed by atoms with van der Waals surface area (Å²) in [4.78, 5) is 8.28. The van der Waals surface area contributed by atoms with Gasteiger partial charge in [0.25, 0.3) is 0 Å². The molecule has 0 radical (unpaired) electrons. The monoisotopic (exact) mass is 259 g/mol. The molecule has 92 valence electrons. The van der Waals surface area contributed by atoms with E-state index in [-0.39, 0.29) is 0 Å². The molecule has 0 amide bonds. The minimum Gasteiger partial charge on any atom is -0.362 e. The maximum atomic E-state index is 5.85. The molecule has 0 bridgehead atoms. The average molecular weight is 260 g/mol. The molecule has 0 fully saturated rings. The van der Waals surface area contributed by atoms with Crippen LogP contribution in [-0.4, -0.2) is 9.97 Å². The summed E-state index contributed by atoms with van der Waals surface area (Å²) >= 11 is 5.85. The van der Waals surface area contributed by atoms with Crippen molar-refractivity contribution in [1.29, 1.82) is 0 Å². The molecule has 1 aromatic heterocycles. The molecular weight excluding hydrogens is 246 g/mol. The third kappa shape index (κ3) is 2.31. The number of hydrogen-bond acceptors (Lipinski definition) is 3. The molecule has 1 atom stereocenters. The van der Waals surface area contributed by atoms with Gasteiger partial charge in [-0.1, -0.05) is 35.9 Å². The number of benzene rings is 1. The number of anilines is 1.